The Labute approximate surface area is 177 Å². The molecule has 0 aromatic carbocycles. The normalized spacial score (nSPS) is 11.9. The van der Waals surface area contributed by atoms with Crippen molar-refractivity contribution in [3.63, 3.8) is 0 Å². The molecule has 0 aromatic heterocycles. The zero-order valence-electron chi connectivity index (χ0n) is 18.9. The maximum absolute atomic E-state index is 10.5. The molecule has 0 aliphatic heterocycles. The summed E-state index contributed by atoms with van der Waals surface area (Å²) in [7, 11) is -4.00. The molecule has 170 valence electrons. The molecular weight excluding hydrogens is 368 g/mol. The van der Waals surface area contributed by atoms with Crippen LogP contribution in [-0.4, -0.2) is 18.7 Å². The Kier molecular flexibility index (Phi) is 21.5. The lowest BCUT2D eigenvalue weighted by atomic mass is 10.0. The van der Waals surface area contributed by atoms with E-state index >= 15 is 0 Å². The van der Waals surface area contributed by atoms with E-state index in [0.717, 1.165) is 12.8 Å². The molecule has 4 heteroatoms. The van der Waals surface area contributed by atoms with Gasteiger partial charge in [0.1, 0.15) is 0 Å². The van der Waals surface area contributed by atoms with Crippen molar-refractivity contribution in [2.24, 2.45) is 0 Å². The van der Waals surface area contributed by atoms with Gasteiger partial charge in [0.05, 0.1) is 10.1 Å². The molecule has 3 nitrogen and oxygen atoms in total. The summed E-state index contributed by atoms with van der Waals surface area (Å²) in [6, 6.07) is 0. The summed E-state index contributed by atoms with van der Waals surface area (Å²) in [5.41, 5.74) is 0. The number of unbranched alkanes of at least 4 members (excludes halogenated alkanes) is 21. The van der Waals surface area contributed by atoms with Gasteiger partial charge in [0.25, 0.3) is 0 Å². The van der Waals surface area contributed by atoms with E-state index in [9.17, 15) is 13.0 Å². The van der Waals surface area contributed by atoms with Gasteiger partial charge in [-0.2, -0.15) is 0 Å². The fraction of sp³-hybridized carbons (Fsp3) is 1.00. The number of hydrogen-bond acceptors (Lipinski definition) is 3. The Balaban J connectivity index is 3.03. The summed E-state index contributed by atoms with van der Waals surface area (Å²) >= 11 is 0. The lowest BCUT2D eigenvalue weighted by Gasteiger charge is -2.06. The molecule has 0 saturated carbocycles. The van der Waals surface area contributed by atoms with Crippen LogP contribution < -0.4 is 0 Å². The molecule has 28 heavy (non-hydrogen) atoms. The smallest absolute Gasteiger partial charge is 0.0945 e. The molecular formula is C24H49O3S-. The molecule has 0 bridgehead atoms. The highest BCUT2D eigenvalue weighted by Gasteiger charge is 1.97. The molecule has 0 atom stereocenters. The Morgan fingerprint density at radius 1 is 0.429 bits per heavy atom. The average Bonchev–Trinajstić information content (AvgIpc) is 2.65. The molecule has 0 unspecified atom stereocenters. The van der Waals surface area contributed by atoms with Crippen LogP contribution in [0.15, 0.2) is 0 Å². The van der Waals surface area contributed by atoms with Gasteiger partial charge in [-0.1, -0.05) is 142 Å². The highest BCUT2D eigenvalue weighted by Crippen LogP contribution is 2.15. The van der Waals surface area contributed by atoms with Gasteiger partial charge in [0.2, 0.25) is 0 Å². The first kappa shape index (κ1) is 27.9. The van der Waals surface area contributed by atoms with E-state index in [4.69, 9.17) is 0 Å². The van der Waals surface area contributed by atoms with Crippen molar-refractivity contribution in [1.29, 1.82) is 0 Å². The SMILES string of the molecule is CCCCCCCCCCCCCCCCCCCCCCCCS(=O)(=O)[O-]. The topological polar surface area (TPSA) is 57.2 Å². The fourth-order valence-electron chi connectivity index (χ4n) is 3.89. The van der Waals surface area contributed by atoms with E-state index in [-0.39, 0.29) is 5.75 Å². The second-order valence-electron chi connectivity index (χ2n) is 8.69. The van der Waals surface area contributed by atoms with Crippen LogP contribution in [0.1, 0.15) is 148 Å². The first-order valence-electron chi connectivity index (χ1n) is 12.5. The van der Waals surface area contributed by atoms with Gasteiger partial charge in [-0.25, -0.2) is 8.42 Å². The number of rotatable bonds is 23. The minimum absolute atomic E-state index is 0.188. The monoisotopic (exact) mass is 417 g/mol. The maximum Gasteiger partial charge on any atom is 0.0945 e. The summed E-state index contributed by atoms with van der Waals surface area (Å²) in [6.07, 6.45) is 28.9. The summed E-state index contributed by atoms with van der Waals surface area (Å²) in [5.74, 6) is -0.188. The van der Waals surface area contributed by atoms with Crippen LogP contribution in [0.4, 0.5) is 0 Å². The Hall–Kier alpha value is -0.0900. The molecule has 0 aliphatic rings. The lowest BCUT2D eigenvalue weighted by Crippen LogP contribution is -2.03. The molecule has 0 N–H and O–H groups in total. The highest BCUT2D eigenvalue weighted by molar-refractivity contribution is 7.85. The fourth-order valence-corrected chi connectivity index (χ4v) is 4.45. The largest absolute Gasteiger partial charge is 0.748 e. The van der Waals surface area contributed by atoms with Crippen LogP contribution in [0.5, 0.6) is 0 Å². The molecule has 0 spiro atoms. The van der Waals surface area contributed by atoms with E-state index in [1.807, 2.05) is 0 Å². The quantitative estimate of drug-likeness (QED) is 0.124. The van der Waals surface area contributed by atoms with E-state index in [0.29, 0.717) is 6.42 Å². The van der Waals surface area contributed by atoms with Crippen molar-refractivity contribution >= 4 is 10.1 Å². The maximum atomic E-state index is 10.5. The predicted molar refractivity (Wildman–Crippen MR) is 122 cm³/mol. The van der Waals surface area contributed by atoms with Crippen LogP contribution in [0.25, 0.3) is 0 Å². The first-order chi connectivity index (χ1) is 13.6. The van der Waals surface area contributed by atoms with E-state index in [1.54, 1.807) is 0 Å². The van der Waals surface area contributed by atoms with Gasteiger partial charge >= 0.3 is 0 Å². The second kappa shape index (κ2) is 21.6. The third-order valence-corrected chi connectivity index (χ3v) is 6.54. The Morgan fingerprint density at radius 2 is 0.643 bits per heavy atom. The molecule has 0 rings (SSSR count). The Morgan fingerprint density at radius 3 is 0.857 bits per heavy atom. The van der Waals surface area contributed by atoms with Crippen molar-refractivity contribution in [2.75, 3.05) is 5.75 Å². The summed E-state index contributed by atoms with van der Waals surface area (Å²) in [4.78, 5) is 0. The van der Waals surface area contributed by atoms with E-state index < -0.39 is 10.1 Å². The average molecular weight is 418 g/mol. The van der Waals surface area contributed by atoms with Crippen LogP contribution in [0.3, 0.4) is 0 Å². The van der Waals surface area contributed by atoms with Gasteiger partial charge < -0.3 is 4.55 Å². The van der Waals surface area contributed by atoms with Crippen LogP contribution in [-0.2, 0) is 10.1 Å². The highest BCUT2D eigenvalue weighted by atomic mass is 32.2. The molecule has 0 aromatic rings. The standard InChI is InChI=1S/C24H50O3S/c1-2-3-4-5-6-7-8-9-10-11-12-13-14-15-16-17-18-19-20-21-22-23-24-28(25,26)27/h2-24H2,1H3,(H,25,26,27)/p-1. The molecule has 0 heterocycles. The van der Waals surface area contributed by atoms with Crippen LogP contribution in [0, 0.1) is 0 Å². The summed E-state index contributed by atoms with van der Waals surface area (Å²) in [5, 5.41) is 0. The van der Waals surface area contributed by atoms with Gasteiger partial charge in [-0.05, 0) is 6.42 Å². The van der Waals surface area contributed by atoms with Crippen LogP contribution in [0.2, 0.25) is 0 Å². The Bertz CT molecular complexity index is 393. The van der Waals surface area contributed by atoms with Crippen molar-refractivity contribution in [2.45, 2.75) is 148 Å². The molecule has 0 aliphatic carbocycles. The zero-order valence-corrected chi connectivity index (χ0v) is 19.7. The van der Waals surface area contributed by atoms with Gasteiger partial charge in [0, 0.05) is 5.75 Å². The van der Waals surface area contributed by atoms with Crippen molar-refractivity contribution in [1.82, 2.24) is 0 Å². The third-order valence-electron chi connectivity index (χ3n) is 5.75. The van der Waals surface area contributed by atoms with Crippen molar-refractivity contribution < 1.29 is 13.0 Å². The summed E-state index contributed by atoms with van der Waals surface area (Å²) in [6.45, 7) is 2.28. The van der Waals surface area contributed by atoms with Crippen molar-refractivity contribution in [3.8, 4) is 0 Å². The third kappa shape index (κ3) is 25.9. The minimum atomic E-state index is -4.00. The van der Waals surface area contributed by atoms with Gasteiger partial charge in [-0.3, -0.25) is 0 Å². The minimum Gasteiger partial charge on any atom is -0.748 e. The lowest BCUT2D eigenvalue weighted by molar-refractivity contribution is 0.459. The number of hydrogen-bond donors (Lipinski definition) is 0. The van der Waals surface area contributed by atoms with E-state index in [2.05, 4.69) is 6.92 Å². The van der Waals surface area contributed by atoms with E-state index in [1.165, 1.54) is 122 Å². The first-order valence-corrected chi connectivity index (χ1v) is 14.1. The second-order valence-corrected chi connectivity index (χ2v) is 10.2. The molecule has 0 fully saturated rings. The summed E-state index contributed by atoms with van der Waals surface area (Å²) < 4.78 is 31.5. The van der Waals surface area contributed by atoms with Crippen molar-refractivity contribution in [3.05, 3.63) is 0 Å². The molecule has 0 radical (unpaired) electrons. The zero-order chi connectivity index (χ0) is 20.8. The van der Waals surface area contributed by atoms with Crippen LogP contribution >= 0.6 is 0 Å². The molecule has 0 amide bonds. The van der Waals surface area contributed by atoms with Gasteiger partial charge in [-0.15, -0.1) is 0 Å². The van der Waals surface area contributed by atoms with Gasteiger partial charge in [0.15, 0.2) is 0 Å². The predicted octanol–water partition coefficient (Wildman–Crippen LogP) is 8.13. The molecule has 0 saturated heterocycles.